The summed E-state index contributed by atoms with van der Waals surface area (Å²) in [5.41, 5.74) is 8.61. The number of benzene rings is 1. The normalized spacial score (nSPS) is 13.6. The molecule has 0 heterocycles. The third kappa shape index (κ3) is 3.14. The first-order valence-corrected chi connectivity index (χ1v) is 5.58. The van der Waals surface area contributed by atoms with Crippen molar-refractivity contribution >= 4 is 11.4 Å². The third-order valence-corrected chi connectivity index (χ3v) is 2.81. The lowest BCUT2D eigenvalue weighted by Crippen LogP contribution is -2.37. The minimum Gasteiger partial charge on any atom is -0.399 e. The Morgan fingerprint density at radius 2 is 2.00 bits per heavy atom. The summed E-state index contributed by atoms with van der Waals surface area (Å²) in [5, 5.41) is 12.7. The smallest absolute Gasteiger partial charge is 0.0638 e. The second-order valence-electron chi connectivity index (χ2n) is 5.32. The topological polar surface area (TPSA) is 58.3 Å². The monoisotopic (exact) mass is 222 g/mol. The average molecular weight is 222 g/mol. The van der Waals surface area contributed by atoms with Crippen LogP contribution < -0.4 is 11.1 Å². The largest absolute Gasteiger partial charge is 0.399 e. The summed E-state index contributed by atoms with van der Waals surface area (Å²) in [7, 11) is 0. The minimum atomic E-state index is 0.0164. The van der Waals surface area contributed by atoms with Crippen molar-refractivity contribution in [2.24, 2.45) is 5.41 Å². The molecule has 1 atom stereocenters. The Balaban J connectivity index is 2.86. The van der Waals surface area contributed by atoms with Gasteiger partial charge in [0.1, 0.15) is 0 Å². The van der Waals surface area contributed by atoms with Crippen molar-refractivity contribution in [3.63, 3.8) is 0 Å². The van der Waals surface area contributed by atoms with E-state index >= 15 is 0 Å². The van der Waals surface area contributed by atoms with Gasteiger partial charge in [-0.1, -0.05) is 20.8 Å². The Labute approximate surface area is 97.7 Å². The van der Waals surface area contributed by atoms with Gasteiger partial charge in [0.25, 0.3) is 0 Å². The van der Waals surface area contributed by atoms with E-state index < -0.39 is 0 Å². The van der Waals surface area contributed by atoms with Crippen molar-refractivity contribution in [2.75, 3.05) is 17.7 Å². The van der Waals surface area contributed by atoms with Crippen LogP contribution >= 0.6 is 0 Å². The van der Waals surface area contributed by atoms with Crippen LogP contribution in [0.5, 0.6) is 0 Å². The van der Waals surface area contributed by atoms with E-state index in [-0.39, 0.29) is 18.1 Å². The van der Waals surface area contributed by atoms with Gasteiger partial charge in [-0.15, -0.1) is 0 Å². The van der Waals surface area contributed by atoms with Crippen LogP contribution in [0.25, 0.3) is 0 Å². The first kappa shape index (κ1) is 12.8. The van der Waals surface area contributed by atoms with E-state index in [0.717, 1.165) is 16.9 Å². The van der Waals surface area contributed by atoms with Crippen LogP contribution in [0.4, 0.5) is 11.4 Å². The van der Waals surface area contributed by atoms with Crippen LogP contribution in [0.2, 0.25) is 0 Å². The molecule has 0 aliphatic carbocycles. The molecule has 1 aromatic rings. The molecule has 0 fully saturated rings. The highest BCUT2D eigenvalue weighted by Gasteiger charge is 2.23. The maximum absolute atomic E-state index is 9.38. The Bertz CT molecular complexity index is 355. The van der Waals surface area contributed by atoms with E-state index in [1.165, 1.54) is 0 Å². The fraction of sp³-hybridized carbons (Fsp3) is 0.538. The summed E-state index contributed by atoms with van der Waals surface area (Å²) >= 11 is 0. The zero-order chi connectivity index (χ0) is 12.3. The molecule has 1 rings (SSSR count). The van der Waals surface area contributed by atoms with Crippen LogP contribution in [0.3, 0.4) is 0 Å². The van der Waals surface area contributed by atoms with Crippen molar-refractivity contribution in [3.05, 3.63) is 23.8 Å². The first-order valence-electron chi connectivity index (χ1n) is 5.58. The predicted molar refractivity (Wildman–Crippen MR) is 69.5 cm³/mol. The van der Waals surface area contributed by atoms with Gasteiger partial charge in [0.05, 0.1) is 12.6 Å². The highest BCUT2D eigenvalue weighted by atomic mass is 16.3. The summed E-state index contributed by atoms with van der Waals surface area (Å²) in [6, 6.07) is 5.79. The molecule has 0 aliphatic rings. The van der Waals surface area contributed by atoms with Gasteiger partial charge >= 0.3 is 0 Å². The van der Waals surface area contributed by atoms with Gasteiger partial charge in [0.15, 0.2) is 0 Å². The summed E-state index contributed by atoms with van der Waals surface area (Å²) in [6.45, 7) is 8.44. The summed E-state index contributed by atoms with van der Waals surface area (Å²) < 4.78 is 0. The van der Waals surface area contributed by atoms with Crippen LogP contribution in [0, 0.1) is 12.3 Å². The van der Waals surface area contributed by atoms with Crippen LogP contribution in [0.1, 0.15) is 26.3 Å². The molecule has 0 saturated carbocycles. The molecule has 3 heteroatoms. The van der Waals surface area contributed by atoms with E-state index in [0.29, 0.717) is 0 Å². The molecule has 16 heavy (non-hydrogen) atoms. The standard InChI is InChI=1S/C13H22N2O/c1-9-7-10(14)5-6-11(9)15-12(8-16)13(2,3)4/h5-7,12,15-16H,8,14H2,1-4H3. The van der Waals surface area contributed by atoms with E-state index in [2.05, 4.69) is 26.1 Å². The van der Waals surface area contributed by atoms with Gasteiger partial charge in [-0.05, 0) is 36.1 Å². The van der Waals surface area contributed by atoms with Crippen molar-refractivity contribution < 1.29 is 5.11 Å². The number of aryl methyl sites for hydroxylation is 1. The Hall–Kier alpha value is -1.22. The zero-order valence-electron chi connectivity index (χ0n) is 10.5. The van der Waals surface area contributed by atoms with Gasteiger partial charge in [-0.2, -0.15) is 0 Å². The molecule has 0 bridgehead atoms. The third-order valence-electron chi connectivity index (χ3n) is 2.81. The molecule has 0 saturated heterocycles. The molecule has 4 N–H and O–H groups in total. The number of rotatable bonds is 3. The molecule has 0 aromatic heterocycles. The highest BCUT2D eigenvalue weighted by molar-refractivity contribution is 5.58. The van der Waals surface area contributed by atoms with E-state index in [9.17, 15) is 5.11 Å². The van der Waals surface area contributed by atoms with Crippen molar-refractivity contribution in [2.45, 2.75) is 33.7 Å². The molecule has 0 amide bonds. The SMILES string of the molecule is Cc1cc(N)ccc1NC(CO)C(C)(C)C. The van der Waals surface area contributed by atoms with E-state index in [1.54, 1.807) is 0 Å². The molecular weight excluding hydrogens is 200 g/mol. The Morgan fingerprint density at radius 1 is 1.38 bits per heavy atom. The number of anilines is 2. The van der Waals surface area contributed by atoms with Gasteiger partial charge in [0, 0.05) is 11.4 Å². The lowest BCUT2D eigenvalue weighted by molar-refractivity contribution is 0.202. The Morgan fingerprint density at radius 3 is 2.44 bits per heavy atom. The van der Waals surface area contributed by atoms with Crippen molar-refractivity contribution in [1.82, 2.24) is 0 Å². The molecule has 90 valence electrons. The van der Waals surface area contributed by atoms with Gasteiger partial charge in [-0.3, -0.25) is 0 Å². The number of aliphatic hydroxyl groups is 1. The highest BCUT2D eigenvalue weighted by Crippen LogP contribution is 2.25. The predicted octanol–water partition coefficient (Wildman–Crippen LogP) is 2.40. The minimum absolute atomic E-state index is 0.0164. The second-order valence-corrected chi connectivity index (χ2v) is 5.32. The van der Waals surface area contributed by atoms with E-state index in [1.807, 2.05) is 25.1 Å². The first-order chi connectivity index (χ1) is 7.34. The van der Waals surface area contributed by atoms with Gasteiger partial charge in [-0.25, -0.2) is 0 Å². The maximum Gasteiger partial charge on any atom is 0.0638 e. The lowest BCUT2D eigenvalue weighted by atomic mass is 9.87. The quantitative estimate of drug-likeness (QED) is 0.688. The summed E-state index contributed by atoms with van der Waals surface area (Å²) in [4.78, 5) is 0. The lowest BCUT2D eigenvalue weighted by Gasteiger charge is -2.31. The molecular formula is C13H22N2O. The number of nitrogen functional groups attached to an aromatic ring is 1. The molecule has 3 nitrogen and oxygen atoms in total. The van der Waals surface area contributed by atoms with Crippen LogP contribution in [-0.4, -0.2) is 17.8 Å². The van der Waals surface area contributed by atoms with Crippen LogP contribution in [-0.2, 0) is 0 Å². The Kier molecular flexibility index (Phi) is 3.81. The van der Waals surface area contributed by atoms with Crippen molar-refractivity contribution in [1.29, 1.82) is 0 Å². The molecule has 0 aliphatic heterocycles. The van der Waals surface area contributed by atoms with Crippen molar-refractivity contribution in [3.8, 4) is 0 Å². The fourth-order valence-corrected chi connectivity index (χ4v) is 1.57. The van der Waals surface area contributed by atoms with Gasteiger partial charge in [0.2, 0.25) is 0 Å². The fourth-order valence-electron chi connectivity index (χ4n) is 1.57. The zero-order valence-corrected chi connectivity index (χ0v) is 10.5. The van der Waals surface area contributed by atoms with Gasteiger partial charge < -0.3 is 16.2 Å². The molecule has 1 unspecified atom stereocenters. The number of aliphatic hydroxyl groups excluding tert-OH is 1. The summed E-state index contributed by atoms with van der Waals surface area (Å²) in [6.07, 6.45) is 0. The molecule has 1 aromatic carbocycles. The summed E-state index contributed by atoms with van der Waals surface area (Å²) in [5.74, 6) is 0. The number of hydrogen-bond donors (Lipinski definition) is 3. The maximum atomic E-state index is 9.38. The number of nitrogens with one attached hydrogen (secondary N) is 1. The van der Waals surface area contributed by atoms with Crippen LogP contribution in [0.15, 0.2) is 18.2 Å². The number of nitrogens with two attached hydrogens (primary N) is 1. The molecule has 0 spiro atoms. The molecule has 0 radical (unpaired) electrons. The average Bonchev–Trinajstić information content (AvgIpc) is 2.14. The van der Waals surface area contributed by atoms with E-state index in [4.69, 9.17) is 5.73 Å². The second kappa shape index (κ2) is 4.74. The number of hydrogen-bond acceptors (Lipinski definition) is 3.